The van der Waals surface area contributed by atoms with E-state index >= 15 is 0 Å². The minimum absolute atomic E-state index is 0.142. The van der Waals surface area contributed by atoms with Crippen LogP contribution in [-0.2, 0) is 24.1 Å². The van der Waals surface area contributed by atoms with Gasteiger partial charge in [-0.05, 0) is 59.2 Å². The van der Waals surface area contributed by atoms with Crippen LogP contribution in [0.15, 0.2) is 36.4 Å². The lowest BCUT2D eigenvalue weighted by Crippen LogP contribution is -2.31. The second-order valence-electron chi connectivity index (χ2n) is 6.32. The Morgan fingerprint density at radius 1 is 1.04 bits per heavy atom. The average molecular weight is 309 g/mol. The van der Waals surface area contributed by atoms with Crippen LogP contribution in [0, 0.1) is 5.92 Å². The highest BCUT2D eigenvalue weighted by Crippen LogP contribution is 2.33. The van der Waals surface area contributed by atoms with Gasteiger partial charge in [0.15, 0.2) is 0 Å². The number of hydrogen-bond donors (Lipinski definition) is 2. The number of ether oxygens (including phenoxy) is 1. The molecule has 0 bridgehead atoms. The topological polar surface area (TPSA) is 58.6 Å². The Hall–Kier alpha value is -2.33. The summed E-state index contributed by atoms with van der Waals surface area (Å²) in [6.07, 6.45) is 3.32. The van der Waals surface area contributed by atoms with Crippen LogP contribution in [0.1, 0.15) is 23.1 Å². The molecule has 0 aromatic heterocycles. The summed E-state index contributed by atoms with van der Waals surface area (Å²) < 4.78 is 5.56. The molecular weight excluding hydrogens is 290 g/mol. The minimum atomic E-state index is -0.282. The van der Waals surface area contributed by atoms with Crippen molar-refractivity contribution in [1.82, 2.24) is 5.48 Å². The molecule has 0 fully saturated rings. The van der Waals surface area contributed by atoms with Gasteiger partial charge in [-0.15, -0.1) is 0 Å². The second-order valence-corrected chi connectivity index (χ2v) is 6.32. The Balaban J connectivity index is 1.66. The summed E-state index contributed by atoms with van der Waals surface area (Å²) in [5.74, 6) is 0.568. The number of aryl methyl sites for hydroxylation is 1. The number of hydroxylamine groups is 1. The Morgan fingerprint density at radius 2 is 1.83 bits per heavy atom. The van der Waals surface area contributed by atoms with Crippen molar-refractivity contribution in [2.75, 3.05) is 6.61 Å². The summed E-state index contributed by atoms with van der Waals surface area (Å²) >= 11 is 0. The first-order chi connectivity index (χ1) is 11.2. The largest absolute Gasteiger partial charge is 0.493 e. The molecule has 2 aromatic carbocycles. The molecular formula is C19H19NO3. The van der Waals surface area contributed by atoms with Crippen LogP contribution in [0.3, 0.4) is 0 Å². The molecule has 4 rings (SSSR count). The molecule has 23 heavy (non-hydrogen) atoms. The maximum Gasteiger partial charge on any atom is 0.246 e. The van der Waals surface area contributed by atoms with Crippen molar-refractivity contribution >= 4 is 5.91 Å². The molecule has 0 spiro atoms. The van der Waals surface area contributed by atoms with Crippen molar-refractivity contribution in [3.63, 3.8) is 0 Å². The van der Waals surface area contributed by atoms with E-state index in [1.807, 2.05) is 6.07 Å². The Kier molecular flexibility index (Phi) is 3.54. The molecule has 1 unspecified atom stereocenters. The summed E-state index contributed by atoms with van der Waals surface area (Å²) in [6, 6.07) is 12.8. The highest BCUT2D eigenvalue weighted by molar-refractivity contribution is 5.78. The molecule has 1 atom stereocenters. The van der Waals surface area contributed by atoms with Crippen molar-refractivity contribution in [3.05, 3.63) is 53.1 Å². The summed E-state index contributed by atoms with van der Waals surface area (Å²) in [7, 11) is 0. The van der Waals surface area contributed by atoms with Gasteiger partial charge in [-0.1, -0.05) is 24.3 Å². The lowest BCUT2D eigenvalue weighted by molar-refractivity contribution is -0.133. The Morgan fingerprint density at radius 3 is 2.65 bits per heavy atom. The standard InChI is InChI=1S/C19H19NO3/c21-19(20-22)16-4-2-12-1-3-13(10-17(12)11-16)14-5-6-18-15(9-14)7-8-23-18/h1,3,5-6,9-10,16,22H,2,4,7-8,11H2,(H,20,21). The predicted octanol–water partition coefficient (Wildman–Crippen LogP) is 2.90. The zero-order chi connectivity index (χ0) is 15.8. The van der Waals surface area contributed by atoms with Crippen LogP contribution >= 0.6 is 0 Å². The van der Waals surface area contributed by atoms with Gasteiger partial charge in [-0.2, -0.15) is 0 Å². The average Bonchev–Trinajstić information content (AvgIpc) is 3.07. The van der Waals surface area contributed by atoms with Crippen LogP contribution in [0.25, 0.3) is 11.1 Å². The van der Waals surface area contributed by atoms with E-state index in [1.165, 1.54) is 27.8 Å². The van der Waals surface area contributed by atoms with Crippen LogP contribution < -0.4 is 10.2 Å². The fourth-order valence-corrected chi connectivity index (χ4v) is 3.62. The molecule has 0 saturated carbocycles. The molecule has 2 aromatic rings. The van der Waals surface area contributed by atoms with Crippen molar-refractivity contribution in [1.29, 1.82) is 0 Å². The SMILES string of the molecule is O=C(NO)C1CCc2ccc(-c3ccc4c(c3)CCO4)cc2C1. The lowest BCUT2D eigenvalue weighted by Gasteiger charge is -2.23. The first kappa shape index (κ1) is 14.3. The van der Waals surface area contributed by atoms with Gasteiger partial charge < -0.3 is 4.74 Å². The fourth-order valence-electron chi connectivity index (χ4n) is 3.62. The summed E-state index contributed by atoms with van der Waals surface area (Å²) in [6.45, 7) is 0.765. The van der Waals surface area contributed by atoms with E-state index in [4.69, 9.17) is 9.94 Å². The number of rotatable bonds is 2. The van der Waals surface area contributed by atoms with E-state index in [-0.39, 0.29) is 11.8 Å². The zero-order valence-corrected chi connectivity index (χ0v) is 12.8. The normalized spacial score (nSPS) is 18.7. The van der Waals surface area contributed by atoms with Gasteiger partial charge in [-0.25, -0.2) is 5.48 Å². The van der Waals surface area contributed by atoms with E-state index in [0.29, 0.717) is 6.42 Å². The van der Waals surface area contributed by atoms with E-state index in [1.54, 1.807) is 5.48 Å². The summed E-state index contributed by atoms with van der Waals surface area (Å²) in [5, 5.41) is 8.85. The fraction of sp³-hybridized carbons (Fsp3) is 0.316. The smallest absolute Gasteiger partial charge is 0.246 e. The maximum absolute atomic E-state index is 11.7. The molecule has 2 N–H and O–H groups in total. The van der Waals surface area contributed by atoms with Crippen molar-refractivity contribution < 1.29 is 14.7 Å². The number of fused-ring (bicyclic) bond motifs is 2. The summed E-state index contributed by atoms with van der Waals surface area (Å²) in [4.78, 5) is 11.7. The molecule has 1 aliphatic carbocycles. The first-order valence-corrected chi connectivity index (χ1v) is 8.06. The van der Waals surface area contributed by atoms with Crippen molar-refractivity contribution in [2.24, 2.45) is 5.92 Å². The van der Waals surface area contributed by atoms with Gasteiger partial charge in [-0.3, -0.25) is 10.0 Å². The monoisotopic (exact) mass is 309 g/mol. The van der Waals surface area contributed by atoms with E-state index < -0.39 is 0 Å². The predicted molar refractivity (Wildman–Crippen MR) is 86.5 cm³/mol. The van der Waals surface area contributed by atoms with E-state index in [9.17, 15) is 4.79 Å². The Labute approximate surface area is 135 Å². The molecule has 0 radical (unpaired) electrons. The molecule has 4 heteroatoms. The zero-order valence-electron chi connectivity index (χ0n) is 12.8. The molecule has 118 valence electrons. The molecule has 1 heterocycles. The first-order valence-electron chi connectivity index (χ1n) is 8.06. The third-order valence-corrected chi connectivity index (χ3v) is 4.94. The molecule has 2 aliphatic rings. The molecule has 0 saturated heterocycles. The highest BCUT2D eigenvalue weighted by atomic mass is 16.5. The van der Waals surface area contributed by atoms with Crippen LogP contribution in [0.2, 0.25) is 0 Å². The van der Waals surface area contributed by atoms with Crippen molar-refractivity contribution in [2.45, 2.75) is 25.7 Å². The maximum atomic E-state index is 11.7. The van der Waals surface area contributed by atoms with Crippen LogP contribution in [0.4, 0.5) is 0 Å². The number of hydrogen-bond acceptors (Lipinski definition) is 3. The van der Waals surface area contributed by atoms with Crippen LogP contribution in [0.5, 0.6) is 5.75 Å². The number of nitrogens with one attached hydrogen (secondary N) is 1. The van der Waals surface area contributed by atoms with E-state index in [2.05, 4.69) is 30.3 Å². The van der Waals surface area contributed by atoms with Gasteiger partial charge >= 0.3 is 0 Å². The minimum Gasteiger partial charge on any atom is -0.493 e. The van der Waals surface area contributed by atoms with Gasteiger partial charge in [0.05, 0.1) is 6.61 Å². The third kappa shape index (κ3) is 2.59. The van der Waals surface area contributed by atoms with Gasteiger partial charge in [0.25, 0.3) is 0 Å². The quantitative estimate of drug-likeness (QED) is 0.662. The summed E-state index contributed by atoms with van der Waals surface area (Å²) in [5.41, 5.74) is 7.92. The molecule has 1 amide bonds. The molecule has 4 nitrogen and oxygen atoms in total. The number of carbonyl (C=O) groups is 1. The van der Waals surface area contributed by atoms with Gasteiger partial charge in [0, 0.05) is 12.3 Å². The van der Waals surface area contributed by atoms with Crippen LogP contribution in [-0.4, -0.2) is 17.7 Å². The van der Waals surface area contributed by atoms with E-state index in [0.717, 1.165) is 31.6 Å². The van der Waals surface area contributed by atoms with Gasteiger partial charge in [0.2, 0.25) is 5.91 Å². The number of amides is 1. The second kappa shape index (κ2) is 5.70. The molecule has 1 aliphatic heterocycles. The third-order valence-electron chi connectivity index (χ3n) is 4.94. The Bertz CT molecular complexity index is 769. The van der Waals surface area contributed by atoms with Crippen molar-refractivity contribution in [3.8, 4) is 16.9 Å². The highest BCUT2D eigenvalue weighted by Gasteiger charge is 2.24. The number of carbonyl (C=O) groups excluding carboxylic acids is 1. The number of benzene rings is 2. The van der Waals surface area contributed by atoms with Gasteiger partial charge in [0.1, 0.15) is 5.75 Å². The lowest BCUT2D eigenvalue weighted by atomic mass is 9.82.